The number of nitrogens with zero attached hydrogens (tertiary/aromatic N) is 3. The molecule has 1 aromatic rings. The summed E-state index contributed by atoms with van der Waals surface area (Å²) >= 11 is 0. The Labute approximate surface area is 118 Å². The molecule has 2 rings (SSSR count). The van der Waals surface area contributed by atoms with Gasteiger partial charge in [-0.15, -0.1) is 0 Å². The van der Waals surface area contributed by atoms with Crippen molar-refractivity contribution in [3.05, 3.63) is 11.4 Å². The van der Waals surface area contributed by atoms with Crippen LogP contribution >= 0.6 is 0 Å². The highest BCUT2D eigenvalue weighted by Crippen LogP contribution is 2.42. The van der Waals surface area contributed by atoms with E-state index in [-0.39, 0.29) is 5.91 Å². The zero-order chi connectivity index (χ0) is 14.7. The van der Waals surface area contributed by atoms with E-state index in [1.165, 1.54) is 0 Å². The van der Waals surface area contributed by atoms with Crippen LogP contribution in [0.5, 0.6) is 0 Å². The van der Waals surface area contributed by atoms with Crippen LogP contribution in [-0.4, -0.2) is 34.1 Å². The van der Waals surface area contributed by atoms with Gasteiger partial charge in [-0.1, -0.05) is 13.8 Å². The van der Waals surface area contributed by atoms with Crippen LogP contribution in [0.4, 0.5) is 5.69 Å². The van der Waals surface area contributed by atoms with E-state index in [0.29, 0.717) is 42.7 Å². The Morgan fingerprint density at radius 1 is 1.60 bits per heavy atom. The minimum atomic E-state index is -0.186. The number of rotatable bonds is 6. The first-order valence-corrected chi connectivity index (χ1v) is 7.04. The standard InChI is InChI=1S/C14H21N5O/c1-9(2)8-19(7-3-6-15)14(20)13-11(16)12(17-18-13)10-4-5-10/h9-10H,3-5,7-8,16H2,1-2H3,(H,17,18). The summed E-state index contributed by atoms with van der Waals surface area (Å²) in [4.78, 5) is 14.2. The highest BCUT2D eigenvalue weighted by atomic mass is 16.2. The van der Waals surface area contributed by atoms with E-state index in [9.17, 15) is 4.79 Å². The number of nitrogens with two attached hydrogens (primary N) is 1. The normalized spacial score (nSPS) is 14.3. The highest BCUT2D eigenvalue weighted by Gasteiger charge is 2.31. The predicted octanol–water partition coefficient (Wildman–Crippen LogP) is 1.88. The number of amides is 1. The summed E-state index contributed by atoms with van der Waals surface area (Å²) in [7, 11) is 0. The lowest BCUT2D eigenvalue weighted by Crippen LogP contribution is -2.35. The minimum Gasteiger partial charge on any atom is -0.395 e. The first kappa shape index (κ1) is 14.4. The van der Waals surface area contributed by atoms with Crippen LogP contribution in [0.1, 0.15) is 55.2 Å². The van der Waals surface area contributed by atoms with Crippen LogP contribution in [-0.2, 0) is 0 Å². The van der Waals surface area contributed by atoms with Crippen molar-refractivity contribution in [2.75, 3.05) is 18.8 Å². The molecule has 0 saturated heterocycles. The van der Waals surface area contributed by atoms with Crippen molar-refractivity contribution in [3.63, 3.8) is 0 Å². The fourth-order valence-corrected chi connectivity index (χ4v) is 2.26. The van der Waals surface area contributed by atoms with Crippen molar-refractivity contribution >= 4 is 11.6 Å². The zero-order valence-corrected chi connectivity index (χ0v) is 12.0. The lowest BCUT2D eigenvalue weighted by atomic mass is 10.1. The maximum atomic E-state index is 12.5. The van der Waals surface area contributed by atoms with Crippen LogP contribution in [0.25, 0.3) is 0 Å². The number of nitrogen functional groups attached to an aromatic ring is 1. The SMILES string of the molecule is CC(C)CN(CCC#N)C(=O)c1n[nH]c(C2CC2)c1N. The first-order valence-electron chi connectivity index (χ1n) is 7.04. The van der Waals surface area contributed by atoms with Crippen LogP contribution in [0.15, 0.2) is 0 Å². The average molecular weight is 275 g/mol. The van der Waals surface area contributed by atoms with Gasteiger partial charge in [-0.05, 0) is 18.8 Å². The summed E-state index contributed by atoms with van der Waals surface area (Å²) in [6.45, 7) is 5.09. The van der Waals surface area contributed by atoms with E-state index < -0.39 is 0 Å². The van der Waals surface area contributed by atoms with Gasteiger partial charge in [-0.2, -0.15) is 10.4 Å². The maximum Gasteiger partial charge on any atom is 0.276 e. The summed E-state index contributed by atoms with van der Waals surface area (Å²) in [5.41, 5.74) is 7.70. The second-order valence-corrected chi connectivity index (χ2v) is 5.73. The third-order valence-electron chi connectivity index (χ3n) is 3.39. The molecule has 1 heterocycles. The molecule has 0 unspecified atom stereocenters. The van der Waals surface area contributed by atoms with Crippen molar-refractivity contribution in [1.82, 2.24) is 15.1 Å². The molecular weight excluding hydrogens is 254 g/mol. The molecular formula is C14H21N5O. The van der Waals surface area contributed by atoms with Crippen molar-refractivity contribution in [2.24, 2.45) is 5.92 Å². The fourth-order valence-electron chi connectivity index (χ4n) is 2.26. The highest BCUT2D eigenvalue weighted by molar-refractivity contribution is 5.97. The van der Waals surface area contributed by atoms with E-state index in [1.807, 2.05) is 13.8 Å². The van der Waals surface area contributed by atoms with Gasteiger partial charge in [0.1, 0.15) is 0 Å². The van der Waals surface area contributed by atoms with Crippen molar-refractivity contribution in [2.45, 2.75) is 39.0 Å². The summed E-state index contributed by atoms with van der Waals surface area (Å²) in [5, 5.41) is 15.7. The van der Waals surface area contributed by atoms with Gasteiger partial charge in [-0.3, -0.25) is 9.89 Å². The molecule has 108 valence electrons. The Morgan fingerprint density at radius 2 is 2.30 bits per heavy atom. The molecule has 6 nitrogen and oxygen atoms in total. The molecule has 0 spiro atoms. The number of aromatic amines is 1. The summed E-state index contributed by atoms with van der Waals surface area (Å²) in [6, 6.07) is 2.07. The lowest BCUT2D eigenvalue weighted by molar-refractivity contribution is 0.0735. The fraction of sp³-hybridized carbons (Fsp3) is 0.643. The van der Waals surface area contributed by atoms with E-state index in [1.54, 1.807) is 4.90 Å². The number of hydrogen-bond acceptors (Lipinski definition) is 4. The van der Waals surface area contributed by atoms with Crippen molar-refractivity contribution < 1.29 is 4.79 Å². The van der Waals surface area contributed by atoms with E-state index in [4.69, 9.17) is 11.0 Å². The number of anilines is 1. The van der Waals surface area contributed by atoms with Gasteiger partial charge in [0.25, 0.3) is 5.91 Å². The number of nitrogens with one attached hydrogen (secondary N) is 1. The lowest BCUT2D eigenvalue weighted by Gasteiger charge is -2.22. The molecule has 20 heavy (non-hydrogen) atoms. The summed E-state index contributed by atoms with van der Waals surface area (Å²) in [6.07, 6.45) is 2.52. The monoisotopic (exact) mass is 275 g/mol. The third-order valence-corrected chi connectivity index (χ3v) is 3.39. The second-order valence-electron chi connectivity index (χ2n) is 5.73. The van der Waals surface area contributed by atoms with Gasteiger partial charge in [0.15, 0.2) is 5.69 Å². The smallest absolute Gasteiger partial charge is 0.276 e. The molecule has 1 amide bonds. The topological polar surface area (TPSA) is 98.8 Å². The van der Waals surface area contributed by atoms with E-state index in [2.05, 4.69) is 16.3 Å². The first-order chi connectivity index (χ1) is 9.54. The molecule has 1 aromatic heterocycles. The molecule has 0 aliphatic heterocycles. The molecule has 1 aliphatic rings. The van der Waals surface area contributed by atoms with Crippen LogP contribution in [0.2, 0.25) is 0 Å². The van der Waals surface area contributed by atoms with Gasteiger partial charge < -0.3 is 10.6 Å². The van der Waals surface area contributed by atoms with Crippen LogP contribution < -0.4 is 5.73 Å². The number of H-pyrrole nitrogens is 1. The number of hydrogen-bond donors (Lipinski definition) is 2. The number of carbonyl (C=O) groups is 1. The molecule has 1 fully saturated rings. The molecule has 3 N–H and O–H groups in total. The Bertz CT molecular complexity index is 524. The van der Waals surface area contributed by atoms with Crippen molar-refractivity contribution in [3.8, 4) is 6.07 Å². The Morgan fingerprint density at radius 3 is 2.85 bits per heavy atom. The van der Waals surface area contributed by atoms with Gasteiger partial charge in [0.2, 0.25) is 0 Å². The van der Waals surface area contributed by atoms with Gasteiger partial charge in [0.05, 0.1) is 23.9 Å². The third kappa shape index (κ3) is 3.10. The van der Waals surface area contributed by atoms with Gasteiger partial charge in [0, 0.05) is 19.0 Å². The van der Waals surface area contributed by atoms with Crippen LogP contribution in [0, 0.1) is 17.2 Å². The molecule has 0 atom stereocenters. The van der Waals surface area contributed by atoms with Gasteiger partial charge >= 0.3 is 0 Å². The van der Waals surface area contributed by atoms with Crippen LogP contribution in [0.3, 0.4) is 0 Å². The van der Waals surface area contributed by atoms with Gasteiger partial charge in [-0.25, -0.2) is 0 Å². The molecule has 6 heteroatoms. The second kappa shape index (κ2) is 5.95. The molecule has 1 aliphatic carbocycles. The quantitative estimate of drug-likeness (QED) is 0.828. The number of nitriles is 1. The largest absolute Gasteiger partial charge is 0.395 e. The summed E-state index contributed by atoms with van der Waals surface area (Å²) in [5.74, 6) is 0.581. The zero-order valence-electron chi connectivity index (χ0n) is 12.0. The summed E-state index contributed by atoms with van der Waals surface area (Å²) < 4.78 is 0. The van der Waals surface area contributed by atoms with E-state index >= 15 is 0 Å². The molecule has 0 bridgehead atoms. The maximum absolute atomic E-state index is 12.5. The Hall–Kier alpha value is -2.03. The predicted molar refractivity (Wildman–Crippen MR) is 75.9 cm³/mol. The minimum absolute atomic E-state index is 0.186. The van der Waals surface area contributed by atoms with E-state index in [0.717, 1.165) is 18.5 Å². The molecule has 0 radical (unpaired) electrons. The molecule has 1 saturated carbocycles. The molecule has 0 aromatic carbocycles. The average Bonchev–Trinajstić information content (AvgIpc) is 3.17. The Balaban J connectivity index is 2.15. The number of aromatic nitrogens is 2. The van der Waals surface area contributed by atoms with Crippen molar-refractivity contribution in [1.29, 1.82) is 5.26 Å². The number of carbonyl (C=O) groups excluding carboxylic acids is 1. The Kier molecular flexibility index (Phi) is 4.28.